The maximum Gasteiger partial charge on any atom is 0.242 e. The summed E-state index contributed by atoms with van der Waals surface area (Å²) in [6, 6.07) is 5.98. The third kappa shape index (κ3) is 7.19. The van der Waals surface area contributed by atoms with Gasteiger partial charge in [0.1, 0.15) is 4.90 Å². The quantitative estimate of drug-likeness (QED) is 0.547. The molecule has 1 amide bonds. The Hall–Kier alpha value is -1.24. The van der Waals surface area contributed by atoms with Crippen LogP contribution in [0.25, 0.3) is 0 Å². The van der Waals surface area contributed by atoms with Crippen molar-refractivity contribution in [3.05, 3.63) is 29.3 Å². The van der Waals surface area contributed by atoms with Crippen molar-refractivity contribution in [3.8, 4) is 0 Å². The number of hydrogen-bond donors (Lipinski definition) is 2. The van der Waals surface area contributed by atoms with Gasteiger partial charge in [-0.25, -0.2) is 21.6 Å². The number of halogens is 1. The molecule has 1 aromatic carbocycles. The summed E-state index contributed by atoms with van der Waals surface area (Å²) < 4.78 is 58.4. The van der Waals surface area contributed by atoms with Crippen LogP contribution in [0.1, 0.15) is 20.3 Å². The second kappa shape index (κ2) is 10.2. The third-order valence-electron chi connectivity index (χ3n) is 4.23. The summed E-state index contributed by atoms with van der Waals surface area (Å²) in [5.41, 5.74) is 0. The molecule has 9 nitrogen and oxygen atoms in total. The first-order valence-electron chi connectivity index (χ1n) is 9.15. The minimum absolute atomic E-state index is 0.0570. The number of carbonyl (C=O) groups excluding carboxylic acids is 1. The van der Waals surface area contributed by atoms with Crippen LogP contribution in [0.5, 0.6) is 0 Å². The van der Waals surface area contributed by atoms with Gasteiger partial charge in [-0.15, -0.1) is 0 Å². The molecule has 0 aliphatic carbocycles. The molecule has 1 fully saturated rings. The lowest BCUT2D eigenvalue weighted by molar-refractivity contribution is -0.120. The number of hydrogen-bond acceptors (Lipinski definition) is 6. The normalized spacial score (nSPS) is 21.1. The van der Waals surface area contributed by atoms with Crippen molar-refractivity contribution >= 4 is 37.6 Å². The molecule has 0 bridgehead atoms. The topological polar surface area (TPSA) is 122 Å². The standard InChI is InChI=1S/C17H26ClN3O6S2/c1-13-11-21(12-14(2)27-13)28(23,24)10-9-19-17(22)7-8-20-29(25,26)16-6-4-3-5-15(16)18/h3-6,13-14,20H,7-12H2,1-2H3,(H,19,22). The van der Waals surface area contributed by atoms with Crippen molar-refractivity contribution in [1.29, 1.82) is 0 Å². The highest BCUT2D eigenvalue weighted by Gasteiger charge is 2.30. The zero-order chi connectivity index (χ0) is 21.7. The van der Waals surface area contributed by atoms with Crippen molar-refractivity contribution in [2.75, 3.05) is 31.9 Å². The lowest BCUT2D eigenvalue weighted by Gasteiger charge is -2.34. The van der Waals surface area contributed by atoms with Crippen LogP contribution < -0.4 is 10.0 Å². The Morgan fingerprint density at radius 3 is 2.38 bits per heavy atom. The Bertz CT molecular complexity index is 913. The van der Waals surface area contributed by atoms with E-state index in [1.165, 1.54) is 16.4 Å². The summed E-state index contributed by atoms with van der Waals surface area (Å²) in [6.07, 6.45) is -0.501. The minimum atomic E-state index is -3.83. The van der Waals surface area contributed by atoms with Crippen LogP contribution in [0.15, 0.2) is 29.2 Å². The van der Waals surface area contributed by atoms with Crippen molar-refractivity contribution in [2.45, 2.75) is 37.4 Å². The summed E-state index contributed by atoms with van der Waals surface area (Å²) in [5, 5.41) is 2.59. The van der Waals surface area contributed by atoms with E-state index in [1.54, 1.807) is 12.1 Å². The average molecular weight is 468 g/mol. The van der Waals surface area contributed by atoms with E-state index >= 15 is 0 Å². The molecule has 2 unspecified atom stereocenters. The molecule has 12 heteroatoms. The van der Waals surface area contributed by atoms with Crippen LogP contribution in [0.2, 0.25) is 5.02 Å². The molecule has 1 saturated heterocycles. The fourth-order valence-corrected chi connectivity index (χ4v) is 5.98. The van der Waals surface area contributed by atoms with Gasteiger partial charge in [-0.1, -0.05) is 23.7 Å². The second-order valence-electron chi connectivity index (χ2n) is 6.82. The molecular formula is C17H26ClN3O6S2. The highest BCUT2D eigenvalue weighted by Crippen LogP contribution is 2.20. The average Bonchev–Trinajstić information content (AvgIpc) is 2.60. The van der Waals surface area contributed by atoms with Crippen LogP contribution in [-0.2, 0) is 29.6 Å². The van der Waals surface area contributed by atoms with Crippen LogP contribution in [-0.4, -0.2) is 71.2 Å². The van der Waals surface area contributed by atoms with Gasteiger partial charge < -0.3 is 10.1 Å². The molecule has 2 N–H and O–H groups in total. The van der Waals surface area contributed by atoms with Crippen molar-refractivity contribution in [2.24, 2.45) is 0 Å². The molecule has 2 rings (SSSR count). The molecular weight excluding hydrogens is 442 g/mol. The first kappa shape index (κ1) is 24.0. The predicted octanol–water partition coefficient (Wildman–Crippen LogP) is 0.564. The maximum atomic E-state index is 12.4. The number of nitrogens with zero attached hydrogens (tertiary/aromatic N) is 1. The zero-order valence-corrected chi connectivity index (χ0v) is 18.7. The molecule has 0 radical (unpaired) electrons. The SMILES string of the molecule is CC1CN(S(=O)(=O)CCNC(=O)CCNS(=O)(=O)c2ccccc2Cl)CC(C)O1. The Morgan fingerprint density at radius 1 is 1.14 bits per heavy atom. The first-order valence-corrected chi connectivity index (χ1v) is 12.6. The number of morpholine rings is 1. The van der Waals surface area contributed by atoms with E-state index < -0.39 is 26.0 Å². The van der Waals surface area contributed by atoms with Gasteiger partial charge in [0, 0.05) is 32.6 Å². The number of carbonyl (C=O) groups is 1. The Balaban J connectivity index is 1.75. The summed E-state index contributed by atoms with van der Waals surface area (Å²) in [7, 11) is -7.35. The van der Waals surface area contributed by atoms with E-state index in [2.05, 4.69) is 10.0 Å². The molecule has 0 saturated carbocycles. The summed E-state index contributed by atoms with van der Waals surface area (Å²) >= 11 is 5.88. The lowest BCUT2D eigenvalue weighted by Crippen LogP contribution is -2.49. The molecule has 0 aromatic heterocycles. The zero-order valence-electron chi connectivity index (χ0n) is 16.3. The van der Waals surface area contributed by atoms with Crippen LogP contribution >= 0.6 is 11.6 Å². The van der Waals surface area contributed by atoms with Gasteiger partial charge in [0.15, 0.2) is 0 Å². The molecule has 1 aromatic rings. The van der Waals surface area contributed by atoms with Crippen LogP contribution in [0, 0.1) is 0 Å². The smallest absolute Gasteiger partial charge is 0.242 e. The summed E-state index contributed by atoms with van der Waals surface area (Å²) in [6.45, 7) is 3.99. The third-order valence-corrected chi connectivity index (χ3v) is 8.00. The summed E-state index contributed by atoms with van der Waals surface area (Å²) in [4.78, 5) is 11.8. The second-order valence-corrected chi connectivity index (χ2v) is 11.0. The number of nitrogens with one attached hydrogen (secondary N) is 2. The van der Waals surface area contributed by atoms with Crippen LogP contribution in [0.4, 0.5) is 0 Å². The van der Waals surface area contributed by atoms with E-state index in [9.17, 15) is 21.6 Å². The Kier molecular flexibility index (Phi) is 8.44. The number of sulfonamides is 2. The molecule has 29 heavy (non-hydrogen) atoms. The van der Waals surface area contributed by atoms with Crippen LogP contribution in [0.3, 0.4) is 0 Å². The number of amides is 1. The van der Waals surface area contributed by atoms with Gasteiger partial charge in [0.25, 0.3) is 0 Å². The molecule has 1 aliphatic rings. The van der Waals surface area contributed by atoms with Gasteiger partial charge in [-0.3, -0.25) is 4.79 Å². The van der Waals surface area contributed by atoms with Gasteiger partial charge in [0.05, 0.1) is 23.0 Å². The van der Waals surface area contributed by atoms with Gasteiger partial charge >= 0.3 is 0 Å². The Labute approximate surface area is 176 Å². The number of benzene rings is 1. The monoisotopic (exact) mass is 467 g/mol. The number of rotatable bonds is 9. The van der Waals surface area contributed by atoms with Crippen molar-refractivity contribution < 1.29 is 26.4 Å². The van der Waals surface area contributed by atoms with E-state index in [1.807, 2.05) is 13.8 Å². The fourth-order valence-electron chi connectivity index (χ4n) is 2.93. The number of ether oxygens (including phenoxy) is 1. The largest absolute Gasteiger partial charge is 0.373 e. The minimum Gasteiger partial charge on any atom is -0.373 e. The molecule has 0 spiro atoms. The molecule has 164 valence electrons. The van der Waals surface area contributed by atoms with Gasteiger partial charge in [-0.2, -0.15) is 4.31 Å². The lowest BCUT2D eigenvalue weighted by atomic mass is 10.3. The van der Waals surface area contributed by atoms with Crippen molar-refractivity contribution in [3.63, 3.8) is 0 Å². The van der Waals surface area contributed by atoms with E-state index in [-0.39, 0.29) is 60.5 Å². The van der Waals surface area contributed by atoms with E-state index in [0.29, 0.717) is 0 Å². The van der Waals surface area contributed by atoms with Gasteiger partial charge in [-0.05, 0) is 26.0 Å². The van der Waals surface area contributed by atoms with E-state index in [0.717, 1.165) is 0 Å². The molecule has 2 atom stereocenters. The van der Waals surface area contributed by atoms with Crippen molar-refractivity contribution in [1.82, 2.24) is 14.3 Å². The highest BCUT2D eigenvalue weighted by molar-refractivity contribution is 7.89. The molecule has 1 aliphatic heterocycles. The highest BCUT2D eigenvalue weighted by atomic mass is 35.5. The van der Waals surface area contributed by atoms with E-state index in [4.69, 9.17) is 16.3 Å². The Morgan fingerprint density at radius 2 is 1.76 bits per heavy atom. The maximum absolute atomic E-state index is 12.4. The summed E-state index contributed by atoms with van der Waals surface area (Å²) in [5.74, 6) is -0.686. The first-order chi connectivity index (χ1) is 13.5. The van der Waals surface area contributed by atoms with Gasteiger partial charge in [0.2, 0.25) is 26.0 Å². The molecule has 1 heterocycles. The fraction of sp³-hybridized carbons (Fsp3) is 0.588. The predicted molar refractivity (Wildman–Crippen MR) is 110 cm³/mol.